The molecule has 5 nitrogen and oxygen atoms in total. The van der Waals surface area contributed by atoms with Crippen LogP contribution >= 0.6 is 0 Å². The molecule has 134 valence electrons. The number of nitrogens with zero attached hydrogens (tertiary/aromatic N) is 1. The first-order chi connectivity index (χ1) is 11.9. The molecule has 2 aromatic carbocycles. The maximum absolute atomic E-state index is 12.5. The molecule has 0 atom stereocenters. The fraction of sp³-hybridized carbons (Fsp3) is 0.368. The molecule has 1 saturated carbocycles. The molecule has 0 unspecified atom stereocenters. The van der Waals surface area contributed by atoms with Gasteiger partial charge in [-0.05, 0) is 74.2 Å². The minimum Gasteiger partial charge on any atom is -0.490 e. The molecular weight excluding hydrogens is 336 g/mol. The first-order valence-electron chi connectivity index (χ1n) is 8.51. The molecule has 0 aromatic heterocycles. The van der Waals surface area contributed by atoms with Gasteiger partial charge in [-0.15, -0.1) is 0 Å². The molecule has 6 heteroatoms. The average molecular weight is 360 g/mol. The van der Waals surface area contributed by atoms with Gasteiger partial charge >= 0.3 is 0 Å². The van der Waals surface area contributed by atoms with E-state index in [1.54, 1.807) is 36.4 Å². The second-order valence-corrected chi connectivity index (χ2v) is 8.22. The number of anilines is 2. The highest BCUT2D eigenvalue weighted by Gasteiger charge is 2.18. The van der Waals surface area contributed by atoms with Gasteiger partial charge in [0.15, 0.2) is 0 Å². The van der Waals surface area contributed by atoms with Gasteiger partial charge in [0.2, 0.25) is 0 Å². The largest absolute Gasteiger partial charge is 0.490 e. The van der Waals surface area contributed by atoms with Gasteiger partial charge in [-0.1, -0.05) is 0 Å². The number of benzene rings is 2. The Balaban J connectivity index is 1.68. The third-order valence-electron chi connectivity index (χ3n) is 4.37. The van der Waals surface area contributed by atoms with Crippen molar-refractivity contribution in [3.05, 3.63) is 48.5 Å². The van der Waals surface area contributed by atoms with E-state index >= 15 is 0 Å². The Bertz CT molecular complexity index is 794. The first kappa shape index (κ1) is 17.6. The minimum absolute atomic E-state index is 0.225. The summed E-state index contributed by atoms with van der Waals surface area (Å²) in [6.45, 7) is 0. The van der Waals surface area contributed by atoms with Crippen LogP contribution in [-0.2, 0) is 10.0 Å². The Morgan fingerprint density at radius 2 is 1.56 bits per heavy atom. The van der Waals surface area contributed by atoms with Gasteiger partial charge < -0.3 is 9.64 Å². The van der Waals surface area contributed by atoms with Crippen molar-refractivity contribution in [3.8, 4) is 5.75 Å². The van der Waals surface area contributed by atoms with E-state index in [2.05, 4.69) is 4.72 Å². The number of hydrogen-bond acceptors (Lipinski definition) is 4. The molecule has 1 aliphatic carbocycles. The van der Waals surface area contributed by atoms with E-state index in [1.165, 1.54) is 12.8 Å². The van der Waals surface area contributed by atoms with Crippen LogP contribution in [0.1, 0.15) is 25.7 Å². The molecule has 1 N–H and O–H groups in total. The lowest BCUT2D eigenvalue weighted by Crippen LogP contribution is -2.14. The Labute approximate surface area is 149 Å². The summed E-state index contributed by atoms with van der Waals surface area (Å²) >= 11 is 0. The second kappa shape index (κ2) is 7.35. The summed E-state index contributed by atoms with van der Waals surface area (Å²) < 4.78 is 33.5. The van der Waals surface area contributed by atoms with Crippen LogP contribution < -0.4 is 14.4 Å². The Morgan fingerprint density at radius 3 is 2.12 bits per heavy atom. The maximum atomic E-state index is 12.5. The SMILES string of the molecule is CN(C)c1ccc(NS(=O)(=O)c2ccc(OC3CCCC3)cc2)cc1. The summed E-state index contributed by atoms with van der Waals surface area (Å²) in [5.41, 5.74) is 1.55. The van der Waals surface area contributed by atoms with Crippen LogP contribution in [0, 0.1) is 0 Å². The van der Waals surface area contributed by atoms with E-state index in [0.717, 1.165) is 24.3 Å². The zero-order valence-corrected chi connectivity index (χ0v) is 15.4. The monoisotopic (exact) mass is 360 g/mol. The van der Waals surface area contributed by atoms with E-state index in [1.807, 2.05) is 31.1 Å². The van der Waals surface area contributed by atoms with Gasteiger partial charge in [-0.3, -0.25) is 4.72 Å². The van der Waals surface area contributed by atoms with Crippen LogP contribution in [-0.4, -0.2) is 28.6 Å². The van der Waals surface area contributed by atoms with E-state index in [9.17, 15) is 8.42 Å². The molecule has 2 aromatic rings. The molecule has 1 aliphatic rings. The summed E-state index contributed by atoms with van der Waals surface area (Å²) in [7, 11) is 0.268. The maximum Gasteiger partial charge on any atom is 0.261 e. The van der Waals surface area contributed by atoms with E-state index in [4.69, 9.17) is 4.74 Å². The number of rotatable bonds is 6. The smallest absolute Gasteiger partial charge is 0.261 e. The number of ether oxygens (including phenoxy) is 1. The van der Waals surface area contributed by atoms with Gasteiger partial charge in [0.1, 0.15) is 5.75 Å². The van der Waals surface area contributed by atoms with Gasteiger partial charge in [-0.2, -0.15) is 0 Å². The lowest BCUT2D eigenvalue weighted by Gasteiger charge is -2.14. The molecule has 0 radical (unpaired) electrons. The zero-order valence-electron chi connectivity index (χ0n) is 14.6. The lowest BCUT2D eigenvalue weighted by molar-refractivity contribution is 0.210. The van der Waals surface area contributed by atoms with Gasteiger partial charge in [0.05, 0.1) is 11.0 Å². The normalized spacial score (nSPS) is 15.1. The molecule has 0 amide bonds. The van der Waals surface area contributed by atoms with Crippen molar-refractivity contribution in [2.45, 2.75) is 36.7 Å². The van der Waals surface area contributed by atoms with Crippen LogP contribution in [0.5, 0.6) is 5.75 Å². The minimum atomic E-state index is -3.61. The summed E-state index contributed by atoms with van der Waals surface area (Å²) in [6, 6.07) is 13.9. The van der Waals surface area contributed by atoms with E-state index in [0.29, 0.717) is 5.69 Å². The quantitative estimate of drug-likeness (QED) is 0.849. The third-order valence-corrected chi connectivity index (χ3v) is 5.77. The molecule has 25 heavy (non-hydrogen) atoms. The summed E-state index contributed by atoms with van der Waals surface area (Å²) in [5, 5.41) is 0. The molecule has 1 fully saturated rings. The van der Waals surface area contributed by atoms with Crippen LogP contribution in [0.4, 0.5) is 11.4 Å². The highest BCUT2D eigenvalue weighted by molar-refractivity contribution is 7.92. The Kier molecular flexibility index (Phi) is 5.18. The van der Waals surface area contributed by atoms with Crippen molar-refractivity contribution in [3.63, 3.8) is 0 Å². The highest BCUT2D eigenvalue weighted by atomic mass is 32.2. The van der Waals surface area contributed by atoms with Gasteiger partial charge in [0, 0.05) is 25.5 Å². The van der Waals surface area contributed by atoms with Crippen molar-refractivity contribution in [2.24, 2.45) is 0 Å². The molecule has 3 rings (SSSR count). The Hall–Kier alpha value is -2.21. The van der Waals surface area contributed by atoms with Crippen molar-refractivity contribution >= 4 is 21.4 Å². The van der Waals surface area contributed by atoms with Crippen LogP contribution in [0.3, 0.4) is 0 Å². The van der Waals surface area contributed by atoms with Crippen molar-refractivity contribution in [1.82, 2.24) is 0 Å². The molecule has 0 spiro atoms. The van der Waals surface area contributed by atoms with E-state index in [-0.39, 0.29) is 11.0 Å². The molecule has 0 saturated heterocycles. The zero-order chi connectivity index (χ0) is 17.9. The number of sulfonamides is 1. The fourth-order valence-corrected chi connectivity index (χ4v) is 4.00. The summed E-state index contributed by atoms with van der Waals surface area (Å²) in [6.07, 6.45) is 4.81. The summed E-state index contributed by atoms with van der Waals surface area (Å²) in [4.78, 5) is 2.18. The predicted octanol–water partition coefficient (Wildman–Crippen LogP) is 3.87. The fourth-order valence-electron chi connectivity index (χ4n) is 2.94. The molecule has 0 heterocycles. The first-order valence-corrected chi connectivity index (χ1v) is 9.99. The molecule has 0 aliphatic heterocycles. The lowest BCUT2D eigenvalue weighted by atomic mass is 10.3. The average Bonchev–Trinajstić information content (AvgIpc) is 3.08. The summed E-state index contributed by atoms with van der Waals surface area (Å²) in [5.74, 6) is 0.723. The topological polar surface area (TPSA) is 58.6 Å². The molecule has 0 bridgehead atoms. The standard InChI is InChI=1S/C19H24N2O3S/c1-21(2)16-9-7-15(8-10-16)20-25(22,23)19-13-11-18(12-14-19)24-17-5-3-4-6-17/h7-14,17,20H,3-6H2,1-2H3. The third kappa shape index (κ3) is 4.45. The predicted molar refractivity (Wildman–Crippen MR) is 101 cm³/mol. The van der Waals surface area contributed by atoms with E-state index < -0.39 is 10.0 Å². The van der Waals surface area contributed by atoms with Crippen LogP contribution in [0.15, 0.2) is 53.4 Å². The van der Waals surface area contributed by atoms with Crippen molar-refractivity contribution in [1.29, 1.82) is 0 Å². The van der Waals surface area contributed by atoms with Gasteiger partial charge in [-0.25, -0.2) is 8.42 Å². The second-order valence-electron chi connectivity index (χ2n) is 6.54. The van der Waals surface area contributed by atoms with Crippen LogP contribution in [0.2, 0.25) is 0 Å². The number of hydrogen-bond donors (Lipinski definition) is 1. The van der Waals surface area contributed by atoms with Crippen molar-refractivity contribution in [2.75, 3.05) is 23.7 Å². The van der Waals surface area contributed by atoms with Crippen molar-refractivity contribution < 1.29 is 13.2 Å². The highest BCUT2D eigenvalue weighted by Crippen LogP contribution is 2.25. The van der Waals surface area contributed by atoms with Gasteiger partial charge in [0.25, 0.3) is 10.0 Å². The number of nitrogens with one attached hydrogen (secondary N) is 1. The molecular formula is C19H24N2O3S. The van der Waals surface area contributed by atoms with Crippen LogP contribution in [0.25, 0.3) is 0 Å². The Morgan fingerprint density at radius 1 is 0.960 bits per heavy atom.